The molecule has 4 aromatic rings. The van der Waals surface area contributed by atoms with Crippen molar-refractivity contribution < 1.29 is 9.90 Å². The van der Waals surface area contributed by atoms with Gasteiger partial charge in [0.2, 0.25) is 5.91 Å². The third-order valence-electron chi connectivity index (χ3n) is 4.93. The van der Waals surface area contributed by atoms with Crippen LogP contribution in [0.25, 0.3) is 21.8 Å². The summed E-state index contributed by atoms with van der Waals surface area (Å²) in [5, 5.41) is 15.9. The number of para-hydroxylation sites is 1. The number of fused-ring (bicyclic) bond motifs is 2. The number of nitrogens with one attached hydrogen (secondary N) is 1. The zero-order valence-electron chi connectivity index (χ0n) is 16.5. The van der Waals surface area contributed by atoms with Crippen LogP contribution in [0.5, 0.6) is 5.75 Å². The maximum absolute atomic E-state index is 12.6. The van der Waals surface area contributed by atoms with E-state index in [0.29, 0.717) is 17.5 Å². The van der Waals surface area contributed by atoms with Gasteiger partial charge >= 0.3 is 0 Å². The van der Waals surface area contributed by atoms with Gasteiger partial charge in [0.1, 0.15) is 11.3 Å². The number of benzene rings is 2. The number of hydrogen-bond donors (Lipinski definition) is 2. The molecule has 0 spiro atoms. The standard InChI is InChI=1S/C24H23N3O2/c1-15(2)12-21(28)27-22(18-13-17-6-3-4-8-20(17)26-14-18)19-10-9-16-7-5-11-25-23(16)24(19)29/h3-11,13-15,22,29H,12H2,1-2H3,(H,27,28). The van der Waals surface area contributed by atoms with E-state index in [-0.39, 0.29) is 17.6 Å². The molecule has 0 fully saturated rings. The molecule has 1 atom stereocenters. The molecular weight excluding hydrogens is 362 g/mol. The van der Waals surface area contributed by atoms with Crippen molar-refractivity contribution >= 4 is 27.7 Å². The SMILES string of the molecule is CC(C)CC(=O)NC(c1cnc2ccccc2c1)c1ccc2cccnc2c1O. The lowest BCUT2D eigenvalue weighted by Crippen LogP contribution is -2.30. The van der Waals surface area contributed by atoms with E-state index in [2.05, 4.69) is 15.3 Å². The molecular formula is C24H23N3O2. The molecule has 146 valence electrons. The van der Waals surface area contributed by atoms with Crippen LogP contribution in [0.15, 0.2) is 67.0 Å². The first-order valence-corrected chi connectivity index (χ1v) is 9.73. The van der Waals surface area contributed by atoms with Gasteiger partial charge in [0, 0.05) is 35.2 Å². The Morgan fingerprint density at radius 2 is 1.83 bits per heavy atom. The Balaban J connectivity index is 1.83. The average Bonchev–Trinajstić information content (AvgIpc) is 2.72. The van der Waals surface area contributed by atoms with Gasteiger partial charge in [-0.2, -0.15) is 0 Å². The summed E-state index contributed by atoms with van der Waals surface area (Å²) in [6, 6.07) is 16.8. The van der Waals surface area contributed by atoms with Crippen molar-refractivity contribution in [2.75, 3.05) is 0 Å². The number of pyridine rings is 2. The summed E-state index contributed by atoms with van der Waals surface area (Å²) in [4.78, 5) is 21.5. The molecule has 1 unspecified atom stereocenters. The van der Waals surface area contributed by atoms with Crippen LogP contribution in [-0.4, -0.2) is 21.0 Å². The van der Waals surface area contributed by atoms with Gasteiger partial charge in [-0.15, -0.1) is 0 Å². The van der Waals surface area contributed by atoms with Crippen LogP contribution in [0.2, 0.25) is 0 Å². The van der Waals surface area contributed by atoms with Crippen molar-refractivity contribution in [3.05, 3.63) is 78.1 Å². The van der Waals surface area contributed by atoms with Gasteiger partial charge in [-0.3, -0.25) is 14.8 Å². The van der Waals surface area contributed by atoms with Crippen LogP contribution >= 0.6 is 0 Å². The molecule has 29 heavy (non-hydrogen) atoms. The van der Waals surface area contributed by atoms with Crippen molar-refractivity contribution in [1.82, 2.24) is 15.3 Å². The Hall–Kier alpha value is -3.47. The number of phenols is 1. The van der Waals surface area contributed by atoms with Gasteiger partial charge in [0.05, 0.1) is 11.6 Å². The molecule has 0 aliphatic rings. The highest BCUT2D eigenvalue weighted by Gasteiger charge is 2.23. The first kappa shape index (κ1) is 18.9. The predicted molar refractivity (Wildman–Crippen MR) is 115 cm³/mol. The first-order valence-electron chi connectivity index (χ1n) is 9.73. The third-order valence-corrected chi connectivity index (χ3v) is 4.93. The highest BCUT2D eigenvalue weighted by Crippen LogP contribution is 2.35. The molecule has 1 amide bonds. The molecule has 0 aliphatic carbocycles. The fourth-order valence-corrected chi connectivity index (χ4v) is 3.56. The minimum atomic E-state index is -0.523. The number of aromatic nitrogens is 2. The molecule has 0 radical (unpaired) electrons. The van der Waals surface area contributed by atoms with Crippen LogP contribution < -0.4 is 5.32 Å². The topological polar surface area (TPSA) is 75.1 Å². The Labute approximate surface area is 169 Å². The van der Waals surface area contributed by atoms with E-state index < -0.39 is 6.04 Å². The van der Waals surface area contributed by atoms with Crippen molar-refractivity contribution in [3.8, 4) is 5.75 Å². The first-order chi connectivity index (χ1) is 14.0. The Kier molecular flexibility index (Phi) is 5.12. The predicted octanol–water partition coefficient (Wildman–Crippen LogP) is 4.74. The number of hydrogen-bond acceptors (Lipinski definition) is 4. The number of aromatic hydroxyl groups is 1. The molecule has 2 N–H and O–H groups in total. The summed E-state index contributed by atoms with van der Waals surface area (Å²) in [5.74, 6) is 0.238. The second-order valence-electron chi connectivity index (χ2n) is 7.64. The lowest BCUT2D eigenvalue weighted by Gasteiger charge is -2.22. The lowest BCUT2D eigenvalue weighted by molar-refractivity contribution is -0.122. The molecule has 2 heterocycles. The monoisotopic (exact) mass is 385 g/mol. The normalized spacial score (nSPS) is 12.4. The maximum Gasteiger partial charge on any atom is 0.221 e. The van der Waals surface area contributed by atoms with Crippen molar-refractivity contribution in [3.63, 3.8) is 0 Å². The van der Waals surface area contributed by atoms with E-state index in [9.17, 15) is 9.90 Å². The van der Waals surface area contributed by atoms with E-state index in [1.165, 1.54) is 0 Å². The molecule has 0 saturated carbocycles. The van der Waals surface area contributed by atoms with Gasteiger partial charge in [-0.25, -0.2) is 0 Å². The number of phenolic OH excluding ortho intramolecular Hbond substituents is 1. The fourth-order valence-electron chi connectivity index (χ4n) is 3.56. The van der Waals surface area contributed by atoms with E-state index in [1.807, 2.05) is 68.4 Å². The van der Waals surface area contributed by atoms with Crippen LogP contribution in [0.3, 0.4) is 0 Å². The highest BCUT2D eigenvalue weighted by molar-refractivity contribution is 5.87. The van der Waals surface area contributed by atoms with Crippen LogP contribution in [0.4, 0.5) is 0 Å². The number of amides is 1. The summed E-state index contributed by atoms with van der Waals surface area (Å²) >= 11 is 0. The largest absolute Gasteiger partial charge is 0.505 e. The zero-order valence-corrected chi connectivity index (χ0v) is 16.5. The van der Waals surface area contributed by atoms with Gasteiger partial charge in [0.25, 0.3) is 0 Å². The number of carbonyl (C=O) groups excluding carboxylic acids is 1. The van der Waals surface area contributed by atoms with E-state index in [1.54, 1.807) is 12.4 Å². The van der Waals surface area contributed by atoms with Gasteiger partial charge in [0.15, 0.2) is 0 Å². The Bertz CT molecular complexity index is 1190. The molecule has 4 rings (SSSR count). The van der Waals surface area contributed by atoms with Crippen LogP contribution in [0, 0.1) is 5.92 Å². The summed E-state index contributed by atoms with van der Waals surface area (Å²) in [6.07, 6.45) is 3.81. The molecule has 2 aromatic heterocycles. The number of nitrogens with zero attached hydrogens (tertiary/aromatic N) is 2. The fraction of sp³-hybridized carbons (Fsp3) is 0.208. The minimum Gasteiger partial charge on any atom is -0.505 e. The Morgan fingerprint density at radius 3 is 2.66 bits per heavy atom. The molecule has 0 aliphatic heterocycles. The molecule has 0 saturated heterocycles. The van der Waals surface area contributed by atoms with E-state index in [4.69, 9.17) is 0 Å². The average molecular weight is 385 g/mol. The second kappa shape index (κ2) is 7.87. The molecule has 2 aromatic carbocycles. The Morgan fingerprint density at radius 1 is 1.03 bits per heavy atom. The van der Waals surface area contributed by atoms with Crippen molar-refractivity contribution in [2.45, 2.75) is 26.3 Å². The molecule has 5 nitrogen and oxygen atoms in total. The molecule has 0 bridgehead atoms. The van der Waals surface area contributed by atoms with Crippen LogP contribution in [0.1, 0.15) is 37.4 Å². The van der Waals surface area contributed by atoms with Gasteiger partial charge in [-0.05, 0) is 29.7 Å². The summed E-state index contributed by atoms with van der Waals surface area (Å²) in [7, 11) is 0. The van der Waals surface area contributed by atoms with E-state index >= 15 is 0 Å². The second-order valence-corrected chi connectivity index (χ2v) is 7.64. The van der Waals surface area contributed by atoms with Gasteiger partial charge in [-0.1, -0.05) is 50.2 Å². The number of rotatable bonds is 5. The summed E-state index contributed by atoms with van der Waals surface area (Å²) < 4.78 is 0. The smallest absolute Gasteiger partial charge is 0.221 e. The minimum absolute atomic E-state index is 0.0707. The lowest BCUT2D eigenvalue weighted by atomic mass is 9.96. The summed E-state index contributed by atoms with van der Waals surface area (Å²) in [6.45, 7) is 4.01. The molecule has 5 heteroatoms. The van der Waals surface area contributed by atoms with Gasteiger partial charge < -0.3 is 10.4 Å². The van der Waals surface area contributed by atoms with Crippen LogP contribution in [-0.2, 0) is 4.79 Å². The van der Waals surface area contributed by atoms with Crippen molar-refractivity contribution in [2.24, 2.45) is 5.92 Å². The number of carbonyl (C=O) groups is 1. The van der Waals surface area contributed by atoms with E-state index in [0.717, 1.165) is 21.9 Å². The third kappa shape index (κ3) is 3.90. The maximum atomic E-state index is 12.6. The highest BCUT2D eigenvalue weighted by atomic mass is 16.3. The zero-order chi connectivity index (χ0) is 20.4. The quantitative estimate of drug-likeness (QED) is 0.520. The van der Waals surface area contributed by atoms with Crippen molar-refractivity contribution in [1.29, 1.82) is 0 Å². The summed E-state index contributed by atoms with van der Waals surface area (Å²) in [5.41, 5.74) is 2.81.